The van der Waals surface area contributed by atoms with Crippen molar-refractivity contribution in [2.45, 2.75) is 12.8 Å². The lowest BCUT2D eigenvalue weighted by Crippen LogP contribution is -2.39. The summed E-state index contributed by atoms with van der Waals surface area (Å²) in [5.41, 5.74) is 2.70. The lowest BCUT2D eigenvalue weighted by atomic mass is 10.1. The van der Waals surface area contributed by atoms with Gasteiger partial charge in [0, 0.05) is 38.6 Å². The summed E-state index contributed by atoms with van der Waals surface area (Å²) in [6, 6.07) is 13.7. The molecule has 0 spiro atoms. The number of aromatic nitrogens is 2. The molecular weight excluding hydrogens is 487 g/mol. The molecule has 0 aliphatic heterocycles. The zero-order valence-electron chi connectivity index (χ0n) is 16.1. The summed E-state index contributed by atoms with van der Waals surface area (Å²) < 4.78 is 28.4. The van der Waals surface area contributed by atoms with Crippen LogP contribution in [0.1, 0.15) is 11.1 Å². The molecule has 0 unspecified atom stereocenters. The fourth-order valence-electron chi connectivity index (χ4n) is 2.82. The molecule has 0 radical (unpaired) electrons. The Balaban J connectivity index is 0.00000300. The molecule has 0 saturated heterocycles. The van der Waals surface area contributed by atoms with Crippen molar-refractivity contribution in [3.63, 3.8) is 0 Å². The standard InChI is InChI=1S/C21H23F2N5.HI/c1-24-21(26-13-10-17-5-6-18(22)15-20(17)23)25-12-9-16-3-7-19(8-4-16)28-14-2-11-27-28;/h2-8,11,14-15H,9-10,12-13H2,1H3,(H2,24,25,26);1H. The number of hydrogen-bond donors (Lipinski definition) is 2. The molecule has 3 rings (SSSR count). The lowest BCUT2D eigenvalue weighted by Gasteiger charge is -2.12. The van der Waals surface area contributed by atoms with Crippen molar-refractivity contribution >= 4 is 29.9 Å². The summed E-state index contributed by atoms with van der Waals surface area (Å²) in [5.74, 6) is -0.441. The number of aliphatic imine (C=N–C) groups is 1. The average molecular weight is 511 g/mol. The van der Waals surface area contributed by atoms with Gasteiger partial charge in [-0.1, -0.05) is 18.2 Å². The van der Waals surface area contributed by atoms with E-state index in [9.17, 15) is 8.78 Å². The molecule has 3 aromatic rings. The van der Waals surface area contributed by atoms with Crippen LogP contribution in [0.5, 0.6) is 0 Å². The van der Waals surface area contributed by atoms with E-state index in [1.54, 1.807) is 13.2 Å². The highest BCUT2D eigenvalue weighted by Gasteiger charge is 2.04. The molecule has 0 aliphatic rings. The van der Waals surface area contributed by atoms with Gasteiger partial charge in [0.05, 0.1) is 5.69 Å². The Morgan fingerprint density at radius 2 is 1.76 bits per heavy atom. The van der Waals surface area contributed by atoms with E-state index in [1.807, 2.05) is 29.1 Å². The Bertz CT molecular complexity index is 911. The van der Waals surface area contributed by atoms with E-state index in [0.29, 0.717) is 31.0 Å². The molecule has 2 aromatic carbocycles. The molecule has 0 saturated carbocycles. The fourth-order valence-corrected chi connectivity index (χ4v) is 2.82. The molecule has 0 bridgehead atoms. The number of rotatable bonds is 7. The number of guanidine groups is 1. The molecule has 1 heterocycles. The van der Waals surface area contributed by atoms with Gasteiger partial charge in [-0.15, -0.1) is 24.0 Å². The van der Waals surface area contributed by atoms with Crippen LogP contribution < -0.4 is 10.6 Å². The van der Waals surface area contributed by atoms with Crippen molar-refractivity contribution in [3.8, 4) is 5.69 Å². The van der Waals surface area contributed by atoms with Crippen LogP contribution in [0.2, 0.25) is 0 Å². The van der Waals surface area contributed by atoms with Gasteiger partial charge in [-0.3, -0.25) is 4.99 Å². The quantitative estimate of drug-likeness (QED) is 0.289. The minimum atomic E-state index is -0.565. The molecule has 0 atom stereocenters. The van der Waals surface area contributed by atoms with Crippen LogP contribution in [-0.4, -0.2) is 35.9 Å². The maximum Gasteiger partial charge on any atom is 0.190 e. The lowest BCUT2D eigenvalue weighted by molar-refractivity contribution is 0.570. The van der Waals surface area contributed by atoms with Crippen molar-refractivity contribution in [1.82, 2.24) is 20.4 Å². The van der Waals surface area contributed by atoms with Gasteiger partial charge in [-0.05, 0) is 48.2 Å². The van der Waals surface area contributed by atoms with E-state index in [1.165, 1.54) is 17.7 Å². The first-order valence-corrected chi connectivity index (χ1v) is 9.13. The van der Waals surface area contributed by atoms with Crippen LogP contribution in [-0.2, 0) is 12.8 Å². The van der Waals surface area contributed by atoms with Gasteiger partial charge in [0.2, 0.25) is 0 Å². The van der Waals surface area contributed by atoms with Crippen LogP contribution in [0.25, 0.3) is 5.69 Å². The number of nitrogens with one attached hydrogen (secondary N) is 2. The van der Waals surface area contributed by atoms with E-state index >= 15 is 0 Å². The van der Waals surface area contributed by atoms with E-state index in [4.69, 9.17) is 0 Å². The summed E-state index contributed by atoms with van der Waals surface area (Å²) in [5, 5.41) is 10.6. The van der Waals surface area contributed by atoms with Crippen LogP contribution in [0.15, 0.2) is 65.9 Å². The first kappa shape index (κ1) is 22.8. The normalized spacial score (nSPS) is 11.1. The number of halogens is 3. The van der Waals surface area contributed by atoms with Crippen molar-refractivity contribution in [3.05, 3.63) is 83.7 Å². The average Bonchev–Trinajstić information content (AvgIpc) is 3.23. The minimum absolute atomic E-state index is 0. The monoisotopic (exact) mass is 511 g/mol. The maximum absolute atomic E-state index is 13.6. The molecular formula is C21H24F2IN5. The molecule has 29 heavy (non-hydrogen) atoms. The zero-order chi connectivity index (χ0) is 19.8. The van der Waals surface area contributed by atoms with Gasteiger partial charge in [0.1, 0.15) is 11.6 Å². The van der Waals surface area contributed by atoms with Gasteiger partial charge in [0.15, 0.2) is 5.96 Å². The second-order valence-corrected chi connectivity index (χ2v) is 6.28. The Hall–Kier alpha value is -2.49. The summed E-state index contributed by atoms with van der Waals surface area (Å²) in [4.78, 5) is 4.16. The number of hydrogen-bond acceptors (Lipinski definition) is 2. The molecule has 8 heteroatoms. The third kappa shape index (κ3) is 6.81. The highest BCUT2D eigenvalue weighted by Crippen LogP contribution is 2.10. The van der Waals surface area contributed by atoms with Gasteiger partial charge in [-0.2, -0.15) is 5.10 Å². The second-order valence-electron chi connectivity index (χ2n) is 6.28. The van der Waals surface area contributed by atoms with Crippen molar-refractivity contribution < 1.29 is 8.78 Å². The Morgan fingerprint density at radius 1 is 1.03 bits per heavy atom. The molecule has 154 valence electrons. The zero-order valence-corrected chi connectivity index (χ0v) is 18.4. The van der Waals surface area contributed by atoms with Gasteiger partial charge < -0.3 is 10.6 Å². The number of nitrogens with zero attached hydrogens (tertiary/aromatic N) is 3. The van der Waals surface area contributed by atoms with Crippen LogP contribution in [0.3, 0.4) is 0 Å². The van der Waals surface area contributed by atoms with Crippen molar-refractivity contribution in [2.24, 2.45) is 4.99 Å². The van der Waals surface area contributed by atoms with E-state index in [-0.39, 0.29) is 24.0 Å². The predicted octanol–water partition coefficient (Wildman–Crippen LogP) is 3.72. The summed E-state index contributed by atoms with van der Waals surface area (Å²) in [7, 11) is 1.69. The molecule has 0 aliphatic carbocycles. The predicted molar refractivity (Wildman–Crippen MR) is 122 cm³/mol. The topological polar surface area (TPSA) is 54.2 Å². The molecule has 5 nitrogen and oxygen atoms in total. The van der Waals surface area contributed by atoms with E-state index in [0.717, 1.165) is 18.2 Å². The summed E-state index contributed by atoms with van der Waals surface area (Å²) in [6.07, 6.45) is 4.94. The number of benzene rings is 2. The molecule has 0 amide bonds. The second kappa shape index (κ2) is 11.5. The van der Waals surface area contributed by atoms with Gasteiger partial charge in [0.25, 0.3) is 0 Å². The Labute approximate surface area is 186 Å². The highest BCUT2D eigenvalue weighted by molar-refractivity contribution is 14.0. The smallest absolute Gasteiger partial charge is 0.190 e. The largest absolute Gasteiger partial charge is 0.356 e. The minimum Gasteiger partial charge on any atom is -0.356 e. The maximum atomic E-state index is 13.6. The van der Waals surface area contributed by atoms with Crippen molar-refractivity contribution in [1.29, 1.82) is 0 Å². The van der Waals surface area contributed by atoms with Crippen LogP contribution in [0, 0.1) is 11.6 Å². The van der Waals surface area contributed by atoms with Gasteiger partial charge in [-0.25, -0.2) is 13.5 Å². The highest BCUT2D eigenvalue weighted by atomic mass is 127. The fraction of sp³-hybridized carbons (Fsp3) is 0.238. The van der Waals surface area contributed by atoms with Crippen LogP contribution in [0.4, 0.5) is 8.78 Å². The van der Waals surface area contributed by atoms with Crippen LogP contribution >= 0.6 is 24.0 Å². The SMILES string of the molecule is CN=C(NCCc1ccc(-n2cccn2)cc1)NCCc1ccc(F)cc1F.I. The Kier molecular flexibility index (Phi) is 9.04. The first-order chi connectivity index (χ1) is 13.7. The molecule has 1 aromatic heterocycles. The third-order valence-electron chi connectivity index (χ3n) is 4.34. The van der Waals surface area contributed by atoms with Gasteiger partial charge >= 0.3 is 0 Å². The third-order valence-corrected chi connectivity index (χ3v) is 4.34. The molecule has 0 fully saturated rings. The first-order valence-electron chi connectivity index (χ1n) is 9.13. The van der Waals surface area contributed by atoms with E-state index in [2.05, 4.69) is 32.9 Å². The van der Waals surface area contributed by atoms with Crippen molar-refractivity contribution in [2.75, 3.05) is 20.1 Å². The summed E-state index contributed by atoms with van der Waals surface area (Å²) >= 11 is 0. The molecule has 2 N–H and O–H groups in total. The van der Waals surface area contributed by atoms with E-state index < -0.39 is 11.6 Å². The summed E-state index contributed by atoms with van der Waals surface area (Å²) in [6.45, 7) is 1.21. The Morgan fingerprint density at radius 3 is 2.38 bits per heavy atom.